The van der Waals surface area contributed by atoms with Crippen molar-refractivity contribution in [1.82, 2.24) is 0 Å². The van der Waals surface area contributed by atoms with Gasteiger partial charge in [0.1, 0.15) is 0 Å². The molecule has 0 amide bonds. The highest BCUT2D eigenvalue weighted by Crippen LogP contribution is 2.47. The van der Waals surface area contributed by atoms with E-state index in [9.17, 15) is 65.5 Å². The van der Waals surface area contributed by atoms with Crippen LogP contribution >= 0.6 is 0 Å². The zero-order valence-electron chi connectivity index (χ0n) is 19.2. The van der Waals surface area contributed by atoms with Gasteiger partial charge in [0.2, 0.25) is 0 Å². The fraction of sp³-hybridized carbons (Fsp3) is 0.812. The second-order valence-corrected chi connectivity index (χ2v) is 10.8. The van der Waals surface area contributed by atoms with Gasteiger partial charge in [0, 0.05) is 12.0 Å². The second-order valence-electron chi connectivity index (χ2n) is 7.30. The average Bonchev–Trinajstić information content (AvgIpc) is 2.68. The van der Waals surface area contributed by atoms with Crippen LogP contribution in [0.5, 0.6) is 0 Å². The number of quaternary nitrogens is 1. The highest BCUT2D eigenvalue weighted by molar-refractivity contribution is 8.13. The third kappa shape index (κ3) is 9.33. The van der Waals surface area contributed by atoms with E-state index < -0.39 is 42.9 Å². The first-order chi connectivity index (χ1) is 15.7. The van der Waals surface area contributed by atoms with Crippen LogP contribution in [0.15, 0.2) is 12.2 Å². The summed E-state index contributed by atoms with van der Waals surface area (Å²) in [5, 5.41) is -14.0. The van der Waals surface area contributed by atoms with E-state index in [1.807, 2.05) is 0 Å². The predicted octanol–water partition coefficient (Wildman–Crippen LogP) is 4.31. The van der Waals surface area contributed by atoms with Crippen LogP contribution in [-0.2, 0) is 29.6 Å². The van der Waals surface area contributed by atoms with E-state index in [1.165, 1.54) is 0 Å². The van der Waals surface area contributed by atoms with E-state index in [4.69, 9.17) is 4.74 Å². The molecule has 0 fully saturated rings. The first-order valence-electron chi connectivity index (χ1n) is 9.44. The van der Waals surface area contributed by atoms with Crippen LogP contribution in [0.25, 0.3) is 4.13 Å². The third-order valence-corrected chi connectivity index (χ3v) is 7.78. The Labute approximate surface area is 201 Å². The van der Waals surface area contributed by atoms with Gasteiger partial charge in [-0.05, 0) is 20.8 Å². The quantitative estimate of drug-likeness (QED) is 0.116. The van der Waals surface area contributed by atoms with E-state index in [-0.39, 0.29) is 5.97 Å². The first kappa shape index (κ1) is 36.5. The van der Waals surface area contributed by atoms with E-state index >= 15 is 0 Å². The average molecular weight is 594 g/mol. The summed E-state index contributed by atoms with van der Waals surface area (Å²) in [5.41, 5.74) is 0.471. The summed E-state index contributed by atoms with van der Waals surface area (Å²) in [6.07, 6.45) is -13.1. The van der Waals surface area contributed by atoms with Crippen molar-refractivity contribution in [1.29, 1.82) is 0 Å². The molecular formula is C16H24F10N2O6S2. The fourth-order valence-corrected chi connectivity index (χ4v) is 4.16. The molecule has 216 valence electrons. The van der Waals surface area contributed by atoms with E-state index in [1.54, 1.807) is 6.92 Å². The van der Waals surface area contributed by atoms with Crippen molar-refractivity contribution in [3.63, 3.8) is 0 Å². The molecule has 20 heteroatoms. The molecule has 0 rings (SSSR count). The molecule has 36 heavy (non-hydrogen) atoms. The van der Waals surface area contributed by atoms with Gasteiger partial charge in [-0.15, -0.1) is 0 Å². The minimum atomic E-state index is -7.62. The SMILES string of the molecule is C=C(C)C(=O)OCCC[N+](C)(CC)CC.O=S(=O)([N-]S(=O)(=O)C(F)(F)C(F)(F)F)C(F)(F)C(F)(F)F. The zero-order chi connectivity index (χ0) is 29.6. The molecule has 0 unspecified atom stereocenters. The number of alkyl halides is 10. The van der Waals surface area contributed by atoms with Gasteiger partial charge < -0.3 is 13.3 Å². The van der Waals surface area contributed by atoms with Crippen LogP contribution < -0.4 is 0 Å². The number of ether oxygens (including phenoxy) is 1. The summed E-state index contributed by atoms with van der Waals surface area (Å²) < 4.78 is 167. The summed E-state index contributed by atoms with van der Waals surface area (Å²) in [7, 11) is -13.0. The Morgan fingerprint density at radius 2 is 1.17 bits per heavy atom. The molecule has 0 spiro atoms. The van der Waals surface area contributed by atoms with Crippen molar-refractivity contribution in [3.8, 4) is 0 Å². The number of halogens is 10. The highest BCUT2D eigenvalue weighted by atomic mass is 32.3. The number of esters is 1. The normalized spacial score (nSPS) is 14.1. The van der Waals surface area contributed by atoms with Gasteiger partial charge in [0.25, 0.3) is 0 Å². The maximum Gasteiger partial charge on any atom is 0.467 e. The summed E-state index contributed by atoms with van der Waals surface area (Å²) in [5.74, 6) is -0.280. The lowest BCUT2D eigenvalue weighted by Gasteiger charge is -2.31. The van der Waals surface area contributed by atoms with E-state index in [0.29, 0.717) is 16.3 Å². The smallest absolute Gasteiger partial charge is 0.462 e. The number of carbonyl (C=O) groups is 1. The van der Waals surface area contributed by atoms with Crippen molar-refractivity contribution in [2.24, 2.45) is 0 Å². The van der Waals surface area contributed by atoms with Crippen molar-refractivity contribution < 1.29 is 74.8 Å². The predicted molar refractivity (Wildman–Crippen MR) is 106 cm³/mol. The molecule has 0 aliphatic heterocycles. The summed E-state index contributed by atoms with van der Waals surface area (Å²) >= 11 is 0. The standard InChI is InChI=1S/C12H24NO2.C4F10NO4S2/c1-6-13(5,7-2)9-8-10-15-12(14)11(3)4;5-1(6,7)3(11,12)20(16,17)15-21(18,19)4(13,14)2(8,9)10/h3,6-10H2,1-2,4-5H3;/q+1;-1. The van der Waals surface area contributed by atoms with Gasteiger partial charge in [0.05, 0.1) is 33.3 Å². The van der Waals surface area contributed by atoms with E-state index in [0.717, 1.165) is 30.5 Å². The fourth-order valence-electron chi connectivity index (χ4n) is 1.79. The number of nitrogens with zero attached hydrogens (tertiary/aromatic N) is 2. The van der Waals surface area contributed by atoms with Crippen LogP contribution in [0.3, 0.4) is 0 Å². The number of hydrogen-bond donors (Lipinski definition) is 0. The molecule has 0 atom stereocenters. The van der Waals surface area contributed by atoms with Crippen molar-refractivity contribution >= 4 is 26.0 Å². The molecule has 0 heterocycles. The second kappa shape index (κ2) is 12.2. The Bertz CT molecular complexity index is 918. The Hall–Kier alpha value is -1.67. The first-order valence-corrected chi connectivity index (χ1v) is 12.3. The third-order valence-electron chi connectivity index (χ3n) is 4.46. The monoisotopic (exact) mass is 594 g/mol. The molecule has 0 aromatic rings. The van der Waals surface area contributed by atoms with Crippen LogP contribution in [-0.4, -0.2) is 83.4 Å². The van der Waals surface area contributed by atoms with Crippen molar-refractivity contribution in [3.05, 3.63) is 16.3 Å². The lowest BCUT2D eigenvalue weighted by molar-refractivity contribution is -0.906. The van der Waals surface area contributed by atoms with Crippen LogP contribution in [0.1, 0.15) is 27.2 Å². The summed E-state index contributed by atoms with van der Waals surface area (Å²) in [4.78, 5) is 11.1. The molecule has 0 aromatic carbocycles. The lowest BCUT2D eigenvalue weighted by Crippen LogP contribution is -2.48. The highest BCUT2D eigenvalue weighted by Gasteiger charge is 2.68. The van der Waals surface area contributed by atoms with Crippen LogP contribution in [0, 0.1) is 0 Å². The van der Waals surface area contributed by atoms with Gasteiger partial charge in [-0.3, -0.25) is 0 Å². The number of sulfonamides is 2. The maximum absolute atomic E-state index is 12.3. The molecule has 0 bridgehead atoms. The van der Waals surface area contributed by atoms with Gasteiger partial charge in [0.15, 0.2) is 20.0 Å². The van der Waals surface area contributed by atoms with Crippen LogP contribution in [0.4, 0.5) is 43.9 Å². The zero-order valence-corrected chi connectivity index (χ0v) is 20.8. The van der Waals surface area contributed by atoms with Gasteiger partial charge >= 0.3 is 28.8 Å². The van der Waals surface area contributed by atoms with Crippen molar-refractivity contribution in [2.45, 2.75) is 50.1 Å². The van der Waals surface area contributed by atoms with Crippen molar-refractivity contribution in [2.75, 3.05) is 33.3 Å². The molecule has 0 aromatic heterocycles. The Morgan fingerprint density at radius 1 is 0.833 bits per heavy atom. The summed E-state index contributed by atoms with van der Waals surface area (Å²) in [6, 6.07) is 0. The Balaban J connectivity index is 0. The maximum atomic E-state index is 12.3. The number of carbonyl (C=O) groups excluding carboxylic acids is 1. The topological polar surface area (TPSA) is 109 Å². The molecule has 0 saturated carbocycles. The molecule has 0 N–H and O–H groups in total. The minimum Gasteiger partial charge on any atom is -0.462 e. The largest absolute Gasteiger partial charge is 0.467 e. The lowest BCUT2D eigenvalue weighted by atomic mass is 10.3. The number of rotatable bonds is 11. The Morgan fingerprint density at radius 3 is 1.42 bits per heavy atom. The minimum absolute atomic E-state index is 0.280. The van der Waals surface area contributed by atoms with Gasteiger partial charge in [-0.25, -0.2) is 21.6 Å². The van der Waals surface area contributed by atoms with Gasteiger partial charge in [-0.2, -0.15) is 43.9 Å². The van der Waals surface area contributed by atoms with Gasteiger partial charge in [-0.1, -0.05) is 6.58 Å². The molecule has 8 nitrogen and oxygen atoms in total. The molecule has 0 radical (unpaired) electrons. The molecule has 0 saturated heterocycles. The molecule has 0 aliphatic rings. The number of hydrogen-bond acceptors (Lipinski definition) is 6. The summed E-state index contributed by atoms with van der Waals surface area (Å²) in [6.45, 7) is 13.4. The Kier molecular flexibility index (Phi) is 12.4. The van der Waals surface area contributed by atoms with Crippen LogP contribution in [0.2, 0.25) is 0 Å². The molecular weight excluding hydrogens is 570 g/mol. The molecule has 0 aliphatic carbocycles. The van der Waals surface area contributed by atoms with E-state index in [2.05, 4.69) is 27.5 Å².